The molecule has 4 heteroatoms. The molecule has 114 valence electrons. The van der Waals surface area contributed by atoms with E-state index in [1.807, 2.05) is 19.2 Å². The van der Waals surface area contributed by atoms with Gasteiger partial charge >= 0.3 is 0 Å². The average molecular weight is 315 g/mol. The van der Waals surface area contributed by atoms with Crippen molar-refractivity contribution in [2.75, 3.05) is 7.05 Å². The molecule has 2 aromatic rings. The topological polar surface area (TPSA) is 33.2 Å². The van der Waals surface area contributed by atoms with Crippen LogP contribution in [0.4, 0.5) is 0 Å². The van der Waals surface area contributed by atoms with Crippen molar-refractivity contribution in [2.24, 2.45) is 0 Å². The molecule has 1 aliphatic rings. The monoisotopic (exact) mass is 314 g/mol. The largest absolute Gasteiger partial charge is 0.341 e. The predicted molar refractivity (Wildman–Crippen MR) is 87.8 cm³/mol. The molecule has 0 saturated heterocycles. The van der Waals surface area contributed by atoms with Crippen LogP contribution in [0, 0.1) is 0 Å². The minimum atomic E-state index is 0.154. The zero-order valence-electron chi connectivity index (χ0n) is 12.6. The van der Waals surface area contributed by atoms with E-state index in [0.29, 0.717) is 24.0 Å². The van der Waals surface area contributed by atoms with Gasteiger partial charge in [-0.2, -0.15) is 0 Å². The van der Waals surface area contributed by atoms with Crippen LogP contribution in [0.1, 0.15) is 35.4 Å². The maximum absolute atomic E-state index is 12.5. The zero-order valence-corrected chi connectivity index (χ0v) is 13.4. The van der Waals surface area contributed by atoms with Crippen LogP contribution in [0.3, 0.4) is 0 Å². The maximum Gasteiger partial charge on any atom is 0.223 e. The molecule has 1 unspecified atom stereocenters. The third kappa shape index (κ3) is 3.14. The maximum atomic E-state index is 12.5. The summed E-state index contributed by atoms with van der Waals surface area (Å²) in [4.78, 5) is 18.3. The molecule has 0 N–H and O–H groups in total. The van der Waals surface area contributed by atoms with E-state index in [-0.39, 0.29) is 5.91 Å². The highest BCUT2D eigenvalue weighted by Crippen LogP contribution is 2.35. The summed E-state index contributed by atoms with van der Waals surface area (Å²) < 4.78 is 0. The highest BCUT2D eigenvalue weighted by Gasteiger charge is 2.25. The second-order valence-electron chi connectivity index (χ2n) is 5.84. The smallest absolute Gasteiger partial charge is 0.223 e. The minimum Gasteiger partial charge on any atom is -0.341 e. The molecule has 1 atom stereocenters. The Morgan fingerprint density at radius 2 is 2.14 bits per heavy atom. The van der Waals surface area contributed by atoms with Crippen molar-refractivity contribution in [3.63, 3.8) is 0 Å². The Bertz CT molecular complexity index is 686. The molecule has 3 nitrogen and oxygen atoms in total. The van der Waals surface area contributed by atoms with Gasteiger partial charge in [0.1, 0.15) is 5.15 Å². The van der Waals surface area contributed by atoms with Crippen molar-refractivity contribution >= 4 is 17.5 Å². The quantitative estimate of drug-likeness (QED) is 0.804. The minimum absolute atomic E-state index is 0.154. The van der Waals surface area contributed by atoms with E-state index in [4.69, 9.17) is 11.6 Å². The number of fused-ring (bicyclic) bond motifs is 1. The Kier molecular flexibility index (Phi) is 4.44. The number of carbonyl (C=O) groups is 1. The molecule has 0 saturated carbocycles. The Morgan fingerprint density at radius 1 is 1.32 bits per heavy atom. The summed E-state index contributed by atoms with van der Waals surface area (Å²) in [5, 5.41) is 0.466. The van der Waals surface area contributed by atoms with E-state index in [9.17, 15) is 4.79 Å². The van der Waals surface area contributed by atoms with E-state index >= 15 is 0 Å². The number of hydrogen-bond acceptors (Lipinski definition) is 2. The fraction of sp³-hybridized carbons (Fsp3) is 0.333. The Hall–Kier alpha value is -1.87. The molecule has 0 spiro atoms. The fourth-order valence-corrected chi connectivity index (χ4v) is 3.28. The van der Waals surface area contributed by atoms with Crippen LogP contribution in [0.2, 0.25) is 5.15 Å². The van der Waals surface area contributed by atoms with Crippen molar-refractivity contribution in [2.45, 2.75) is 31.7 Å². The van der Waals surface area contributed by atoms with Crippen LogP contribution < -0.4 is 0 Å². The van der Waals surface area contributed by atoms with Gasteiger partial charge < -0.3 is 4.90 Å². The number of pyridine rings is 1. The Balaban J connectivity index is 1.64. The van der Waals surface area contributed by atoms with Gasteiger partial charge in [0.25, 0.3) is 0 Å². The molecular formula is C18H19ClN2O. The first kappa shape index (κ1) is 15.0. The first-order valence-corrected chi connectivity index (χ1v) is 7.94. The summed E-state index contributed by atoms with van der Waals surface area (Å²) in [5.74, 6) is 0.497. The van der Waals surface area contributed by atoms with E-state index in [0.717, 1.165) is 18.4 Å². The Labute approximate surface area is 135 Å². The second kappa shape index (κ2) is 6.49. The standard InChI is InChI=1S/C18H19ClN2O/c1-21(12-15-6-4-10-20-18(15)19)17(22)11-14-9-8-13-5-2-3-7-16(13)14/h2-7,10,14H,8-9,11-12H2,1H3. The fourth-order valence-electron chi connectivity index (χ4n) is 3.10. The van der Waals surface area contributed by atoms with Crippen molar-refractivity contribution in [1.29, 1.82) is 0 Å². The number of halogens is 1. The highest BCUT2D eigenvalue weighted by molar-refractivity contribution is 6.30. The number of hydrogen-bond donors (Lipinski definition) is 0. The number of nitrogens with zero attached hydrogens (tertiary/aromatic N) is 2. The molecular weight excluding hydrogens is 296 g/mol. The van der Waals surface area contributed by atoms with Crippen molar-refractivity contribution in [3.05, 3.63) is 64.4 Å². The summed E-state index contributed by atoms with van der Waals surface area (Å²) in [5.41, 5.74) is 3.61. The van der Waals surface area contributed by atoms with Crippen molar-refractivity contribution in [1.82, 2.24) is 9.88 Å². The molecule has 1 heterocycles. The van der Waals surface area contributed by atoms with E-state index in [1.165, 1.54) is 11.1 Å². The van der Waals surface area contributed by atoms with Crippen LogP contribution in [0.5, 0.6) is 0 Å². The molecule has 0 fully saturated rings. The molecule has 1 aromatic carbocycles. The first-order chi connectivity index (χ1) is 10.6. The van der Waals surface area contributed by atoms with Crippen LogP contribution in [-0.2, 0) is 17.8 Å². The van der Waals surface area contributed by atoms with Gasteiger partial charge in [0.2, 0.25) is 5.91 Å². The predicted octanol–water partition coefficient (Wildman–Crippen LogP) is 3.81. The van der Waals surface area contributed by atoms with Gasteiger partial charge in [-0.05, 0) is 36.0 Å². The lowest BCUT2D eigenvalue weighted by molar-refractivity contribution is -0.130. The van der Waals surface area contributed by atoms with Gasteiger partial charge in [0.15, 0.2) is 0 Å². The molecule has 0 aliphatic heterocycles. The van der Waals surface area contributed by atoms with Crippen molar-refractivity contribution in [3.8, 4) is 0 Å². The summed E-state index contributed by atoms with van der Waals surface area (Å²) in [6.07, 6.45) is 4.35. The van der Waals surface area contributed by atoms with Crippen LogP contribution in [0.15, 0.2) is 42.6 Å². The second-order valence-corrected chi connectivity index (χ2v) is 6.20. The number of carbonyl (C=O) groups excluding carboxylic acids is 1. The Morgan fingerprint density at radius 3 is 2.95 bits per heavy atom. The third-order valence-corrected chi connectivity index (χ3v) is 4.69. The summed E-state index contributed by atoms with van der Waals surface area (Å²) in [6.45, 7) is 0.500. The van der Waals surface area contributed by atoms with Gasteiger partial charge in [0, 0.05) is 31.8 Å². The van der Waals surface area contributed by atoms with E-state index in [1.54, 1.807) is 11.1 Å². The normalized spacial score (nSPS) is 16.4. The number of rotatable bonds is 4. The molecule has 1 aliphatic carbocycles. The van der Waals surface area contributed by atoms with Crippen molar-refractivity contribution < 1.29 is 4.79 Å². The lowest BCUT2D eigenvalue weighted by Crippen LogP contribution is -2.27. The number of aromatic nitrogens is 1. The van der Waals surface area contributed by atoms with Gasteiger partial charge in [-0.1, -0.05) is 41.9 Å². The lowest BCUT2D eigenvalue weighted by atomic mass is 9.97. The molecule has 0 radical (unpaired) electrons. The van der Waals surface area contributed by atoms with Gasteiger partial charge in [-0.3, -0.25) is 4.79 Å². The molecule has 1 amide bonds. The third-order valence-electron chi connectivity index (χ3n) is 4.35. The van der Waals surface area contributed by atoms with Crippen LogP contribution in [0.25, 0.3) is 0 Å². The van der Waals surface area contributed by atoms with Crippen LogP contribution >= 0.6 is 11.6 Å². The lowest BCUT2D eigenvalue weighted by Gasteiger charge is -2.20. The van der Waals surface area contributed by atoms with Gasteiger partial charge in [0.05, 0.1) is 0 Å². The molecule has 22 heavy (non-hydrogen) atoms. The highest BCUT2D eigenvalue weighted by atomic mass is 35.5. The SMILES string of the molecule is CN(Cc1cccnc1Cl)C(=O)CC1CCc2ccccc21. The van der Waals surface area contributed by atoms with Gasteiger partial charge in [-0.25, -0.2) is 4.98 Å². The number of benzene rings is 1. The molecule has 3 rings (SSSR count). The van der Waals surface area contributed by atoms with E-state index in [2.05, 4.69) is 29.2 Å². The van der Waals surface area contributed by atoms with E-state index < -0.39 is 0 Å². The summed E-state index contributed by atoms with van der Waals surface area (Å²) in [7, 11) is 1.83. The number of aryl methyl sites for hydroxylation is 1. The summed E-state index contributed by atoms with van der Waals surface area (Å²) in [6, 6.07) is 12.2. The molecule has 0 bridgehead atoms. The van der Waals surface area contributed by atoms with Crippen LogP contribution in [-0.4, -0.2) is 22.8 Å². The average Bonchev–Trinajstić information content (AvgIpc) is 2.93. The van der Waals surface area contributed by atoms with Gasteiger partial charge in [-0.15, -0.1) is 0 Å². The number of amides is 1. The summed E-state index contributed by atoms with van der Waals surface area (Å²) >= 11 is 6.06. The zero-order chi connectivity index (χ0) is 15.5. The molecule has 1 aromatic heterocycles. The first-order valence-electron chi connectivity index (χ1n) is 7.56.